The van der Waals surface area contributed by atoms with Gasteiger partial charge in [0.1, 0.15) is 0 Å². The molecule has 0 aliphatic carbocycles. The lowest BCUT2D eigenvalue weighted by atomic mass is 10.2. The number of hydrogen-bond donors (Lipinski definition) is 0. The van der Waals surface area contributed by atoms with Crippen molar-refractivity contribution in [2.75, 3.05) is 11.9 Å². The van der Waals surface area contributed by atoms with Crippen LogP contribution in [0.4, 0.5) is 5.69 Å². The highest BCUT2D eigenvalue weighted by Gasteiger charge is 2.23. The van der Waals surface area contributed by atoms with Crippen molar-refractivity contribution < 1.29 is 4.57 Å². The van der Waals surface area contributed by atoms with E-state index >= 15 is 0 Å². The summed E-state index contributed by atoms with van der Waals surface area (Å²) in [5, 5.41) is 2.49. The maximum Gasteiger partial charge on any atom is 0.213 e. The largest absolute Gasteiger partial charge is 0.338 e. The van der Waals surface area contributed by atoms with Crippen LogP contribution in [0.2, 0.25) is 0 Å². The van der Waals surface area contributed by atoms with Gasteiger partial charge in [-0.3, -0.25) is 0 Å². The van der Waals surface area contributed by atoms with Gasteiger partial charge >= 0.3 is 0 Å². The van der Waals surface area contributed by atoms with Gasteiger partial charge in [-0.15, -0.1) is 0 Å². The fourth-order valence-corrected chi connectivity index (χ4v) is 4.21. The molecule has 0 amide bonds. The van der Waals surface area contributed by atoms with Gasteiger partial charge < -0.3 is 4.90 Å². The van der Waals surface area contributed by atoms with Crippen molar-refractivity contribution in [2.45, 2.75) is 11.4 Å². The molecule has 0 spiro atoms. The van der Waals surface area contributed by atoms with Gasteiger partial charge in [0.25, 0.3) is 0 Å². The first kappa shape index (κ1) is 15.0. The Morgan fingerprint density at radius 1 is 1.04 bits per heavy atom. The molecule has 2 aromatic carbocycles. The molecule has 1 aliphatic rings. The molecule has 0 saturated heterocycles. The van der Waals surface area contributed by atoms with Crippen LogP contribution < -0.4 is 9.47 Å². The number of pyridine rings is 1. The Labute approximate surface area is 146 Å². The molecule has 0 radical (unpaired) electrons. The van der Waals surface area contributed by atoms with Gasteiger partial charge in [0, 0.05) is 35.5 Å². The van der Waals surface area contributed by atoms with E-state index in [1.165, 1.54) is 32.2 Å². The van der Waals surface area contributed by atoms with Crippen molar-refractivity contribution in [1.29, 1.82) is 0 Å². The van der Waals surface area contributed by atoms with Crippen LogP contribution in [0.15, 0.2) is 83.2 Å². The molecular weight excluding hydrogens is 312 g/mol. The molecule has 0 N–H and O–H groups in total. The summed E-state index contributed by atoms with van der Waals surface area (Å²) in [5.41, 5.74) is 3.69. The zero-order chi connectivity index (χ0) is 16.5. The number of hydrogen-bond acceptors (Lipinski definition) is 2. The first-order valence-electron chi connectivity index (χ1n) is 8.03. The minimum absolute atomic E-state index is 0.793. The van der Waals surface area contributed by atoms with Crippen LogP contribution in [-0.4, -0.2) is 7.05 Å². The van der Waals surface area contributed by atoms with Crippen molar-refractivity contribution in [2.24, 2.45) is 0 Å². The number of benzene rings is 2. The summed E-state index contributed by atoms with van der Waals surface area (Å²) in [6, 6.07) is 21.4. The molecule has 2 heterocycles. The number of thioether (sulfide) groups is 1. The first-order valence-corrected chi connectivity index (χ1v) is 8.84. The number of aromatic nitrogens is 1. The minimum Gasteiger partial charge on any atom is -0.338 e. The van der Waals surface area contributed by atoms with Crippen molar-refractivity contribution in [3.63, 3.8) is 0 Å². The first-order chi connectivity index (χ1) is 11.8. The topological polar surface area (TPSA) is 7.12 Å². The number of fused-ring (bicyclic) bond motifs is 2. The lowest BCUT2D eigenvalue weighted by Gasteiger charge is -2.13. The summed E-state index contributed by atoms with van der Waals surface area (Å²) in [6.07, 6.45) is 4.22. The van der Waals surface area contributed by atoms with Crippen molar-refractivity contribution in [1.82, 2.24) is 0 Å². The normalized spacial score (nSPS) is 15.0. The molecule has 1 aromatic heterocycles. The summed E-state index contributed by atoms with van der Waals surface area (Å²) in [4.78, 5) is 3.57. The van der Waals surface area contributed by atoms with Crippen LogP contribution >= 0.6 is 11.8 Å². The molecule has 1 aliphatic heterocycles. The number of anilines is 1. The van der Waals surface area contributed by atoms with E-state index in [0.717, 1.165) is 6.54 Å². The summed E-state index contributed by atoms with van der Waals surface area (Å²) >= 11 is 1.82. The minimum atomic E-state index is 0.793. The summed E-state index contributed by atoms with van der Waals surface area (Å²) in [7, 11) is 2.13. The van der Waals surface area contributed by atoms with E-state index in [9.17, 15) is 0 Å². The molecule has 0 unspecified atom stereocenters. The van der Waals surface area contributed by atoms with E-state index in [4.69, 9.17) is 0 Å². The Morgan fingerprint density at radius 2 is 1.83 bits per heavy atom. The lowest BCUT2D eigenvalue weighted by molar-refractivity contribution is -0.662. The molecule has 2 nitrogen and oxygen atoms in total. The summed E-state index contributed by atoms with van der Waals surface area (Å²) in [6.45, 7) is 4.72. The molecule has 0 saturated carbocycles. The smallest absolute Gasteiger partial charge is 0.213 e. The lowest BCUT2D eigenvalue weighted by Crippen LogP contribution is -2.37. The van der Waals surface area contributed by atoms with Gasteiger partial charge in [-0.05, 0) is 30.3 Å². The van der Waals surface area contributed by atoms with Gasteiger partial charge in [0.15, 0.2) is 6.54 Å². The zero-order valence-corrected chi connectivity index (χ0v) is 14.5. The summed E-state index contributed by atoms with van der Waals surface area (Å²) in [5.74, 6) is 0. The van der Waals surface area contributed by atoms with Gasteiger partial charge in [0.05, 0.1) is 10.7 Å². The summed E-state index contributed by atoms with van der Waals surface area (Å²) < 4.78 is 2.31. The SMILES string of the molecule is C=CC[n+]1c(/C=C2/Sc3ccccc3N2C)ccc2ccccc21. The van der Waals surface area contributed by atoms with Gasteiger partial charge in [0.2, 0.25) is 11.2 Å². The third kappa shape index (κ3) is 2.51. The Bertz CT molecular complexity index is 959. The number of allylic oxidation sites excluding steroid dienone is 1. The van der Waals surface area contributed by atoms with E-state index in [1.54, 1.807) is 0 Å². The molecular formula is C21H19N2S+. The highest BCUT2D eigenvalue weighted by Crippen LogP contribution is 2.45. The second-order valence-corrected chi connectivity index (χ2v) is 6.89. The van der Waals surface area contributed by atoms with E-state index in [1.807, 2.05) is 17.8 Å². The van der Waals surface area contributed by atoms with Crippen molar-refractivity contribution in [3.8, 4) is 0 Å². The second kappa shape index (κ2) is 6.17. The fraction of sp³-hybridized carbons (Fsp3) is 0.0952. The highest BCUT2D eigenvalue weighted by atomic mass is 32.2. The van der Waals surface area contributed by atoms with E-state index in [0.29, 0.717) is 0 Å². The Morgan fingerprint density at radius 3 is 2.67 bits per heavy atom. The van der Waals surface area contributed by atoms with Crippen LogP contribution in [0.3, 0.4) is 0 Å². The van der Waals surface area contributed by atoms with Crippen LogP contribution in [0.1, 0.15) is 5.69 Å². The fourth-order valence-electron chi connectivity index (χ4n) is 3.11. The maximum atomic E-state index is 3.93. The van der Waals surface area contributed by atoms with E-state index in [-0.39, 0.29) is 0 Å². The maximum absolute atomic E-state index is 3.93. The Hall–Kier alpha value is -2.52. The Balaban J connectivity index is 1.83. The molecule has 0 fully saturated rings. The number of nitrogens with zero attached hydrogens (tertiary/aromatic N) is 2. The standard InChI is InChI=1S/C21H19N2S/c1-3-14-23-17(13-12-16-8-4-5-9-18(16)23)15-21-22(2)19-10-6-7-11-20(19)24-21/h3-13,15H,1,14H2,2H3/q+1. The predicted octanol–water partition coefficient (Wildman–Crippen LogP) is 4.85. The average molecular weight is 331 g/mol. The molecule has 118 valence electrons. The van der Waals surface area contributed by atoms with Gasteiger partial charge in [-0.2, -0.15) is 4.57 Å². The Kier molecular flexibility index (Phi) is 3.87. The molecule has 0 bridgehead atoms. The van der Waals surface area contributed by atoms with Crippen LogP contribution in [0, 0.1) is 0 Å². The third-order valence-corrected chi connectivity index (χ3v) is 5.49. The van der Waals surface area contributed by atoms with Crippen molar-refractivity contribution >= 4 is 34.4 Å². The van der Waals surface area contributed by atoms with E-state index in [2.05, 4.69) is 89.8 Å². The highest BCUT2D eigenvalue weighted by molar-refractivity contribution is 8.03. The average Bonchev–Trinajstić information content (AvgIpc) is 2.93. The van der Waals surface area contributed by atoms with Crippen molar-refractivity contribution in [3.05, 3.63) is 84.0 Å². The second-order valence-electron chi connectivity index (χ2n) is 5.83. The predicted molar refractivity (Wildman–Crippen MR) is 103 cm³/mol. The number of rotatable bonds is 3. The molecule has 0 atom stereocenters. The van der Waals surface area contributed by atoms with E-state index < -0.39 is 0 Å². The quantitative estimate of drug-likeness (QED) is 0.500. The van der Waals surface area contributed by atoms with Crippen LogP contribution in [0.5, 0.6) is 0 Å². The van der Waals surface area contributed by atoms with Gasteiger partial charge in [-0.25, -0.2) is 0 Å². The monoisotopic (exact) mass is 331 g/mol. The molecule has 24 heavy (non-hydrogen) atoms. The molecule has 4 rings (SSSR count). The zero-order valence-electron chi connectivity index (χ0n) is 13.6. The van der Waals surface area contributed by atoms with Crippen LogP contribution in [0.25, 0.3) is 17.0 Å². The van der Waals surface area contributed by atoms with Crippen LogP contribution in [-0.2, 0) is 6.54 Å². The third-order valence-electron chi connectivity index (χ3n) is 4.33. The molecule has 3 aromatic rings. The number of para-hydroxylation sites is 2. The molecule has 3 heteroatoms. The van der Waals surface area contributed by atoms with Gasteiger partial charge in [-0.1, -0.05) is 42.6 Å².